The summed E-state index contributed by atoms with van der Waals surface area (Å²) in [6.07, 6.45) is 0.952. The summed E-state index contributed by atoms with van der Waals surface area (Å²) < 4.78 is 25.3. The van der Waals surface area contributed by atoms with Crippen molar-refractivity contribution in [2.45, 2.75) is 39.2 Å². The van der Waals surface area contributed by atoms with Crippen molar-refractivity contribution in [3.05, 3.63) is 69.8 Å². The fourth-order valence-electron chi connectivity index (χ4n) is 2.93. The maximum atomic E-state index is 12.6. The third-order valence-electron chi connectivity index (χ3n) is 4.67. The molecule has 0 aliphatic heterocycles. The second-order valence-electron chi connectivity index (χ2n) is 8.21. The van der Waals surface area contributed by atoms with Gasteiger partial charge in [-0.25, -0.2) is 8.42 Å². The number of amides is 1. The largest absolute Gasteiger partial charge is 0.348 e. The van der Waals surface area contributed by atoms with E-state index in [4.69, 9.17) is 0 Å². The van der Waals surface area contributed by atoms with E-state index < -0.39 is 27.4 Å². The predicted octanol–water partition coefficient (Wildman–Crippen LogP) is 3.54. The van der Waals surface area contributed by atoms with Crippen molar-refractivity contribution < 1.29 is 18.1 Å². The van der Waals surface area contributed by atoms with Crippen molar-refractivity contribution >= 4 is 27.3 Å². The Balaban J connectivity index is 2.17. The predicted molar refractivity (Wildman–Crippen MR) is 117 cm³/mol. The summed E-state index contributed by atoms with van der Waals surface area (Å²) in [5, 5.41) is 13.8. The molecule has 0 bridgehead atoms. The number of non-ortho nitro benzene ring substituents is 1. The Morgan fingerprint density at radius 3 is 2.27 bits per heavy atom. The fraction of sp³-hybridized carbons (Fsp3) is 0.381. The summed E-state index contributed by atoms with van der Waals surface area (Å²) in [5.41, 5.74) is 1.87. The van der Waals surface area contributed by atoms with Crippen LogP contribution < -0.4 is 9.62 Å². The second-order valence-corrected chi connectivity index (χ2v) is 10.1. The quantitative estimate of drug-likeness (QED) is 0.530. The van der Waals surface area contributed by atoms with Gasteiger partial charge in [-0.05, 0) is 29.5 Å². The number of benzene rings is 2. The van der Waals surface area contributed by atoms with Gasteiger partial charge in [-0.15, -0.1) is 0 Å². The average Bonchev–Trinajstić information content (AvgIpc) is 2.64. The van der Waals surface area contributed by atoms with E-state index in [0.717, 1.165) is 22.2 Å². The van der Waals surface area contributed by atoms with Crippen LogP contribution in [0.4, 0.5) is 11.4 Å². The van der Waals surface area contributed by atoms with Crippen LogP contribution in [0.3, 0.4) is 0 Å². The van der Waals surface area contributed by atoms with Crippen LogP contribution in [0.5, 0.6) is 0 Å². The zero-order valence-electron chi connectivity index (χ0n) is 17.7. The van der Waals surface area contributed by atoms with Crippen LogP contribution in [0, 0.1) is 10.1 Å². The highest BCUT2D eigenvalue weighted by Crippen LogP contribution is 2.25. The van der Waals surface area contributed by atoms with E-state index in [9.17, 15) is 23.3 Å². The molecule has 1 N–H and O–H groups in total. The zero-order chi connectivity index (χ0) is 22.7. The van der Waals surface area contributed by atoms with Crippen molar-refractivity contribution in [1.82, 2.24) is 5.32 Å². The summed E-state index contributed by atoms with van der Waals surface area (Å²) in [5.74, 6) is -0.515. The van der Waals surface area contributed by atoms with Gasteiger partial charge in [-0.3, -0.25) is 19.2 Å². The van der Waals surface area contributed by atoms with Crippen LogP contribution in [0.15, 0.2) is 48.5 Å². The Labute approximate surface area is 177 Å². The molecular formula is C21H27N3O5S. The lowest BCUT2D eigenvalue weighted by Crippen LogP contribution is -2.41. The summed E-state index contributed by atoms with van der Waals surface area (Å²) in [6, 6.07) is 12.7. The Morgan fingerprint density at radius 2 is 1.77 bits per heavy atom. The van der Waals surface area contributed by atoms with Crippen LogP contribution in [0.25, 0.3) is 0 Å². The number of nitrogens with one attached hydrogen (secondary N) is 1. The number of carbonyl (C=O) groups is 1. The molecule has 9 heteroatoms. The first kappa shape index (κ1) is 23.3. The van der Waals surface area contributed by atoms with Gasteiger partial charge in [-0.2, -0.15) is 0 Å². The van der Waals surface area contributed by atoms with Gasteiger partial charge in [0, 0.05) is 12.1 Å². The first-order valence-corrected chi connectivity index (χ1v) is 11.3. The number of hydrogen-bond acceptors (Lipinski definition) is 5. The van der Waals surface area contributed by atoms with Crippen molar-refractivity contribution in [2.75, 3.05) is 17.1 Å². The second kappa shape index (κ2) is 8.83. The lowest BCUT2D eigenvalue weighted by molar-refractivity contribution is -0.384. The molecule has 0 saturated carbocycles. The molecule has 0 aromatic heterocycles. The van der Waals surface area contributed by atoms with Crippen molar-refractivity contribution in [1.29, 1.82) is 0 Å². The maximum Gasteiger partial charge on any atom is 0.271 e. The number of hydrogen-bond donors (Lipinski definition) is 1. The summed E-state index contributed by atoms with van der Waals surface area (Å²) in [4.78, 5) is 22.9. The first-order chi connectivity index (χ1) is 13.8. The fourth-order valence-corrected chi connectivity index (χ4v) is 3.78. The molecule has 0 aliphatic rings. The third kappa shape index (κ3) is 6.03. The molecule has 30 heavy (non-hydrogen) atoms. The lowest BCUT2D eigenvalue weighted by atomic mass is 9.86. The molecule has 2 rings (SSSR count). The molecule has 2 aromatic carbocycles. The summed E-state index contributed by atoms with van der Waals surface area (Å²) in [7, 11) is -3.83. The molecule has 162 valence electrons. The number of nitro groups is 1. The van der Waals surface area contributed by atoms with Gasteiger partial charge in [0.25, 0.3) is 5.69 Å². The molecule has 0 saturated heterocycles. The molecule has 0 aliphatic carbocycles. The van der Waals surface area contributed by atoms with E-state index >= 15 is 0 Å². The van der Waals surface area contributed by atoms with Crippen LogP contribution in [-0.2, 0) is 20.2 Å². The first-order valence-electron chi connectivity index (χ1n) is 9.41. The molecule has 0 unspecified atom stereocenters. The van der Waals surface area contributed by atoms with Gasteiger partial charge >= 0.3 is 0 Å². The Kier molecular flexibility index (Phi) is 6.87. The standard InChI is InChI=1S/C21H27N3O5S/c1-15(16-9-11-17(12-10-16)21(2,3)4)22-20(25)14-23(30(5,28)29)18-7-6-8-19(13-18)24(26)27/h6-13,15H,14H2,1-5H3,(H,22,25)/t15-/m1/s1. The van der Waals surface area contributed by atoms with Gasteiger partial charge in [-0.1, -0.05) is 51.1 Å². The molecule has 8 nitrogen and oxygen atoms in total. The minimum atomic E-state index is -3.83. The van der Waals surface area contributed by atoms with Crippen molar-refractivity contribution in [3.63, 3.8) is 0 Å². The van der Waals surface area contributed by atoms with E-state index in [2.05, 4.69) is 26.1 Å². The average molecular weight is 434 g/mol. The minimum Gasteiger partial charge on any atom is -0.348 e. The molecule has 1 amide bonds. The number of sulfonamides is 1. The smallest absolute Gasteiger partial charge is 0.271 e. The van der Waals surface area contributed by atoms with Gasteiger partial charge < -0.3 is 5.32 Å². The molecule has 0 spiro atoms. The van der Waals surface area contributed by atoms with Gasteiger partial charge in [0.1, 0.15) is 6.54 Å². The van der Waals surface area contributed by atoms with Crippen molar-refractivity contribution in [2.24, 2.45) is 0 Å². The SMILES string of the molecule is C[C@@H](NC(=O)CN(c1cccc([N+](=O)[O-])c1)S(C)(=O)=O)c1ccc(C(C)(C)C)cc1. The molecular weight excluding hydrogens is 406 g/mol. The molecule has 1 atom stereocenters. The highest BCUT2D eigenvalue weighted by atomic mass is 32.2. The van der Waals surface area contributed by atoms with E-state index in [1.165, 1.54) is 23.8 Å². The zero-order valence-corrected chi connectivity index (χ0v) is 18.6. The summed E-state index contributed by atoms with van der Waals surface area (Å²) >= 11 is 0. The Morgan fingerprint density at radius 1 is 1.17 bits per heavy atom. The topological polar surface area (TPSA) is 110 Å². The van der Waals surface area contributed by atoms with E-state index in [-0.39, 0.29) is 22.8 Å². The minimum absolute atomic E-state index is 0.0132. The third-order valence-corrected chi connectivity index (χ3v) is 5.81. The number of anilines is 1. The van der Waals surface area contributed by atoms with Crippen LogP contribution in [0.1, 0.15) is 44.9 Å². The summed E-state index contributed by atoms with van der Waals surface area (Å²) in [6.45, 7) is 7.66. The Bertz CT molecular complexity index is 1030. The van der Waals surface area contributed by atoms with E-state index in [0.29, 0.717) is 0 Å². The van der Waals surface area contributed by atoms with Crippen LogP contribution >= 0.6 is 0 Å². The normalized spacial score (nSPS) is 12.8. The monoisotopic (exact) mass is 433 g/mol. The highest BCUT2D eigenvalue weighted by molar-refractivity contribution is 7.92. The van der Waals surface area contributed by atoms with E-state index in [1.54, 1.807) is 0 Å². The Hall–Kier alpha value is -2.94. The number of nitrogens with zero attached hydrogens (tertiary/aromatic N) is 2. The van der Waals surface area contributed by atoms with Gasteiger partial charge in [0.05, 0.1) is 22.9 Å². The van der Waals surface area contributed by atoms with Crippen molar-refractivity contribution in [3.8, 4) is 0 Å². The van der Waals surface area contributed by atoms with Gasteiger partial charge in [0.2, 0.25) is 15.9 Å². The molecule has 0 fully saturated rings. The molecule has 0 radical (unpaired) electrons. The number of rotatable bonds is 7. The molecule has 0 heterocycles. The maximum absolute atomic E-state index is 12.6. The van der Waals surface area contributed by atoms with Gasteiger partial charge in [0.15, 0.2) is 0 Å². The van der Waals surface area contributed by atoms with Crippen LogP contribution in [0.2, 0.25) is 0 Å². The molecule has 2 aromatic rings. The number of carbonyl (C=O) groups excluding carboxylic acids is 1. The lowest BCUT2D eigenvalue weighted by Gasteiger charge is -2.24. The highest BCUT2D eigenvalue weighted by Gasteiger charge is 2.23. The number of nitro benzene ring substituents is 1. The van der Waals surface area contributed by atoms with E-state index in [1.807, 2.05) is 31.2 Å². The van der Waals surface area contributed by atoms with Crippen LogP contribution in [-0.4, -0.2) is 32.0 Å².